The fourth-order valence-electron chi connectivity index (χ4n) is 2.57. The zero-order valence-electron chi connectivity index (χ0n) is 11.3. The number of para-hydroxylation sites is 1. The van der Waals surface area contributed by atoms with Crippen LogP contribution in [0.4, 0.5) is 0 Å². The van der Waals surface area contributed by atoms with E-state index in [4.69, 9.17) is 32.7 Å². The topological polar surface area (TPSA) is 18.5 Å². The van der Waals surface area contributed by atoms with Gasteiger partial charge in [0.05, 0.1) is 17.0 Å². The molecule has 0 spiro atoms. The number of ether oxygens (including phenoxy) is 2. The Kier molecular flexibility index (Phi) is 4.34. The molecular formula is C16H13BrCl2O2. The summed E-state index contributed by atoms with van der Waals surface area (Å²) in [5, 5.41) is 0.265. The molecule has 0 bridgehead atoms. The molecule has 2 aromatic rings. The Morgan fingerprint density at radius 3 is 2.81 bits per heavy atom. The fraction of sp³-hybridized carbons (Fsp3) is 0.250. The van der Waals surface area contributed by atoms with Gasteiger partial charge in [-0.15, -0.1) is 11.6 Å². The van der Waals surface area contributed by atoms with Gasteiger partial charge in [-0.05, 0) is 39.7 Å². The molecule has 110 valence electrons. The number of benzene rings is 2. The minimum atomic E-state index is -0.345. The van der Waals surface area contributed by atoms with Crippen molar-refractivity contribution in [2.75, 3.05) is 7.11 Å². The van der Waals surface area contributed by atoms with Crippen LogP contribution in [0, 0.1) is 0 Å². The summed E-state index contributed by atoms with van der Waals surface area (Å²) in [7, 11) is 1.62. The smallest absolute Gasteiger partial charge is 0.137 e. The third-order valence-corrected chi connectivity index (χ3v) is 4.86. The number of alkyl halides is 1. The number of fused-ring (bicyclic) bond motifs is 1. The van der Waals surface area contributed by atoms with Gasteiger partial charge in [0.1, 0.15) is 17.6 Å². The molecule has 0 saturated carbocycles. The lowest BCUT2D eigenvalue weighted by molar-refractivity contribution is 0.225. The highest BCUT2D eigenvalue weighted by Crippen LogP contribution is 2.43. The first-order chi connectivity index (χ1) is 10.1. The molecule has 21 heavy (non-hydrogen) atoms. The molecular weight excluding hydrogens is 375 g/mol. The van der Waals surface area contributed by atoms with E-state index in [9.17, 15) is 0 Å². The van der Waals surface area contributed by atoms with Gasteiger partial charge in [-0.1, -0.05) is 29.8 Å². The summed E-state index contributed by atoms with van der Waals surface area (Å²) in [6, 6.07) is 11.6. The Labute approximate surface area is 142 Å². The number of halogens is 3. The van der Waals surface area contributed by atoms with Crippen molar-refractivity contribution in [3.05, 3.63) is 57.0 Å². The first-order valence-electron chi connectivity index (χ1n) is 6.51. The zero-order chi connectivity index (χ0) is 15.0. The van der Waals surface area contributed by atoms with Gasteiger partial charge in [0.25, 0.3) is 0 Å². The van der Waals surface area contributed by atoms with Gasteiger partial charge < -0.3 is 9.47 Å². The van der Waals surface area contributed by atoms with Gasteiger partial charge >= 0.3 is 0 Å². The minimum Gasteiger partial charge on any atom is -0.495 e. The molecule has 2 atom stereocenters. The monoisotopic (exact) mass is 386 g/mol. The summed E-state index contributed by atoms with van der Waals surface area (Å²) < 4.78 is 12.2. The quantitative estimate of drug-likeness (QED) is 0.657. The Morgan fingerprint density at radius 2 is 2.10 bits per heavy atom. The Morgan fingerprint density at radius 1 is 1.33 bits per heavy atom. The van der Waals surface area contributed by atoms with Crippen molar-refractivity contribution in [2.24, 2.45) is 0 Å². The highest BCUT2D eigenvalue weighted by atomic mass is 79.9. The lowest BCUT2D eigenvalue weighted by Crippen LogP contribution is -2.20. The first-order valence-corrected chi connectivity index (χ1v) is 8.12. The van der Waals surface area contributed by atoms with Crippen molar-refractivity contribution >= 4 is 39.1 Å². The summed E-state index contributed by atoms with van der Waals surface area (Å²) in [5.41, 5.74) is 2.00. The minimum absolute atomic E-state index is 0.136. The number of methoxy groups -OCH3 is 1. The molecule has 5 heteroatoms. The maximum atomic E-state index is 6.65. The van der Waals surface area contributed by atoms with E-state index in [0.29, 0.717) is 10.8 Å². The predicted octanol–water partition coefficient (Wildman–Crippen LogP) is 5.39. The number of hydrogen-bond acceptors (Lipinski definition) is 2. The summed E-state index contributed by atoms with van der Waals surface area (Å²) in [4.78, 5) is 0. The van der Waals surface area contributed by atoms with Gasteiger partial charge in [0.15, 0.2) is 0 Å². The Bertz CT molecular complexity index is 650. The first kappa shape index (κ1) is 15.0. The number of hydrogen-bond donors (Lipinski definition) is 0. The van der Waals surface area contributed by atoms with E-state index in [0.717, 1.165) is 22.2 Å². The fourth-order valence-corrected chi connectivity index (χ4v) is 3.87. The maximum absolute atomic E-state index is 6.65. The summed E-state index contributed by atoms with van der Waals surface area (Å²) in [6.45, 7) is 0. The molecule has 0 amide bonds. The van der Waals surface area contributed by atoms with Gasteiger partial charge in [-0.25, -0.2) is 0 Å². The molecule has 2 aromatic carbocycles. The zero-order valence-corrected chi connectivity index (χ0v) is 14.4. The van der Waals surface area contributed by atoms with Crippen molar-refractivity contribution in [3.63, 3.8) is 0 Å². The van der Waals surface area contributed by atoms with Gasteiger partial charge in [-0.2, -0.15) is 0 Å². The van der Waals surface area contributed by atoms with Crippen LogP contribution in [0.5, 0.6) is 11.5 Å². The summed E-state index contributed by atoms with van der Waals surface area (Å²) >= 11 is 16.2. The molecule has 0 fully saturated rings. The van der Waals surface area contributed by atoms with Crippen molar-refractivity contribution in [3.8, 4) is 11.5 Å². The molecule has 0 aromatic heterocycles. The van der Waals surface area contributed by atoms with E-state index in [1.54, 1.807) is 13.2 Å². The van der Waals surface area contributed by atoms with Crippen LogP contribution in [0.15, 0.2) is 40.9 Å². The molecule has 0 N–H and O–H groups in total. The third kappa shape index (κ3) is 2.87. The van der Waals surface area contributed by atoms with Crippen LogP contribution in [-0.2, 0) is 6.42 Å². The van der Waals surface area contributed by atoms with E-state index in [1.807, 2.05) is 24.3 Å². The van der Waals surface area contributed by atoms with E-state index in [-0.39, 0.29) is 11.5 Å². The maximum Gasteiger partial charge on any atom is 0.137 e. The molecule has 1 heterocycles. The molecule has 3 rings (SSSR count). The summed E-state index contributed by atoms with van der Waals surface area (Å²) in [5.74, 6) is 1.59. The van der Waals surface area contributed by atoms with Crippen LogP contribution >= 0.6 is 39.1 Å². The van der Waals surface area contributed by atoms with Crippen LogP contribution in [0.1, 0.15) is 16.5 Å². The van der Waals surface area contributed by atoms with Crippen LogP contribution < -0.4 is 9.47 Å². The van der Waals surface area contributed by atoms with E-state index in [1.165, 1.54) is 5.56 Å². The Hall–Kier alpha value is -0.900. The van der Waals surface area contributed by atoms with Crippen molar-refractivity contribution < 1.29 is 9.47 Å². The molecule has 0 aliphatic carbocycles. The van der Waals surface area contributed by atoms with Crippen LogP contribution in [-0.4, -0.2) is 13.2 Å². The second-order valence-corrected chi connectivity index (χ2v) is 6.64. The normalized spacial score (nSPS) is 18.0. The molecule has 2 nitrogen and oxygen atoms in total. The molecule has 0 radical (unpaired) electrons. The molecule has 1 aliphatic heterocycles. The number of rotatable bonds is 3. The highest BCUT2D eigenvalue weighted by Gasteiger charge is 2.32. The highest BCUT2D eigenvalue weighted by molar-refractivity contribution is 9.10. The average Bonchev–Trinajstić information content (AvgIpc) is 2.89. The molecule has 1 aliphatic rings. The summed E-state index contributed by atoms with van der Waals surface area (Å²) in [6.07, 6.45) is 0.640. The molecule has 0 saturated heterocycles. The Balaban J connectivity index is 1.92. The van der Waals surface area contributed by atoms with Crippen LogP contribution in [0.25, 0.3) is 0 Å². The second kappa shape index (κ2) is 6.07. The van der Waals surface area contributed by atoms with Gasteiger partial charge in [0.2, 0.25) is 0 Å². The van der Waals surface area contributed by atoms with Crippen molar-refractivity contribution in [2.45, 2.75) is 17.9 Å². The SMILES string of the molecule is COc1c(Br)cc(Cl)cc1C(Cl)C1Cc2ccccc2O1. The van der Waals surface area contributed by atoms with Crippen LogP contribution in [0.2, 0.25) is 5.02 Å². The van der Waals surface area contributed by atoms with Gasteiger partial charge in [0, 0.05) is 17.0 Å². The predicted molar refractivity (Wildman–Crippen MR) is 88.9 cm³/mol. The lowest BCUT2D eigenvalue weighted by Gasteiger charge is -2.21. The standard InChI is InChI=1S/C16H13BrCl2O2/c1-20-16-11(7-10(18)8-12(16)17)15(19)14-6-9-4-2-3-5-13(9)21-14/h2-5,7-8,14-15H,6H2,1H3. The van der Waals surface area contributed by atoms with Crippen LogP contribution in [0.3, 0.4) is 0 Å². The van der Waals surface area contributed by atoms with Gasteiger partial charge in [-0.3, -0.25) is 0 Å². The largest absolute Gasteiger partial charge is 0.495 e. The third-order valence-electron chi connectivity index (χ3n) is 3.54. The van der Waals surface area contributed by atoms with Crippen molar-refractivity contribution in [1.82, 2.24) is 0 Å². The van der Waals surface area contributed by atoms with E-state index in [2.05, 4.69) is 22.0 Å². The van der Waals surface area contributed by atoms with E-state index < -0.39 is 0 Å². The molecule has 2 unspecified atom stereocenters. The van der Waals surface area contributed by atoms with Crippen molar-refractivity contribution in [1.29, 1.82) is 0 Å². The average molecular weight is 388 g/mol. The lowest BCUT2D eigenvalue weighted by atomic mass is 10.0. The second-order valence-electron chi connectivity index (χ2n) is 4.88. The van der Waals surface area contributed by atoms with E-state index >= 15 is 0 Å².